The summed E-state index contributed by atoms with van der Waals surface area (Å²) >= 11 is 6.15. The van der Waals surface area contributed by atoms with E-state index in [-0.39, 0.29) is 37.0 Å². The molecule has 0 fully saturated rings. The van der Waals surface area contributed by atoms with Crippen LogP contribution in [0.1, 0.15) is 37.4 Å². The number of halogens is 2. The number of pyridine rings is 1. The first-order valence-corrected chi connectivity index (χ1v) is 12.4. The van der Waals surface area contributed by atoms with Crippen LogP contribution in [0.3, 0.4) is 0 Å². The Morgan fingerprint density at radius 2 is 1.76 bits per heavy atom. The third-order valence-electron chi connectivity index (χ3n) is 6.52. The van der Waals surface area contributed by atoms with Crippen LogP contribution in [0, 0.1) is 5.82 Å². The zero-order valence-electron chi connectivity index (χ0n) is 20.2. The highest BCUT2D eigenvalue weighted by atomic mass is 35.5. The number of anilines is 1. The molecule has 2 heterocycles. The Labute approximate surface area is 224 Å². The van der Waals surface area contributed by atoms with Crippen molar-refractivity contribution < 1.29 is 18.8 Å². The Balaban J connectivity index is 1.43. The van der Waals surface area contributed by atoms with Gasteiger partial charge in [-0.25, -0.2) is 9.37 Å². The number of carbonyl (C=O) groups is 3. The summed E-state index contributed by atoms with van der Waals surface area (Å²) in [6.07, 6.45) is 1.65. The number of hydrogen-bond donors (Lipinski definition) is 1. The Kier molecular flexibility index (Phi) is 7.29. The highest BCUT2D eigenvalue weighted by Crippen LogP contribution is 2.27. The second-order valence-electron chi connectivity index (χ2n) is 9.05. The highest BCUT2D eigenvalue weighted by molar-refractivity contribution is 6.30. The van der Waals surface area contributed by atoms with Gasteiger partial charge in [0.15, 0.2) is 5.78 Å². The van der Waals surface area contributed by atoms with Crippen molar-refractivity contribution in [1.29, 1.82) is 0 Å². The van der Waals surface area contributed by atoms with Crippen LogP contribution < -0.4 is 5.32 Å². The fourth-order valence-corrected chi connectivity index (χ4v) is 4.75. The summed E-state index contributed by atoms with van der Waals surface area (Å²) in [7, 11) is 0. The molecule has 8 heteroatoms. The number of benzene rings is 3. The van der Waals surface area contributed by atoms with E-state index >= 15 is 0 Å². The van der Waals surface area contributed by atoms with Gasteiger partial charge in [-0.05, 0) is 65.2 Å². The van der Waals surface area contributed by atoms with Crippen molar-refractivity contribution in [1.82, 2.24) is 9.88 Å². The minimum atomic E-state index is -0.877. The Morgan fingerprint density at radius 3 is 2.50 bits per heavy atom. The summed E-state index contributed by atoms with van der Waals surface area (Å²) in [4.78, 5) is 45.4. The van der Waals surface area contributed by atoms with Gasteiger partial charge in [-0.2, -0.15) is 0 Å². The zero-order chi connectivity index (χ0) is 26.6. The Bertz CT molecular complexity index is 1510. The average molecular weight is 528 g/mol. The predicted octanol–water partition coefficient (Wildman–Crippen LogP) is 5.51. The first-order chi connectivity index (χ1) is 18.4. The quantitative estimate of drug-likeness (QED) is 0.359. The lowest BCUT2D eigenvalue weighted by atomic mass is 9.97. The molecule has 0 aliphatic carbocycles. The number of amides is 2. The first kappa shape index (κ1) is 25.3. The number of Topliss-reactive ketones (excluding diaryl/α,β-unsaturated/α-hetero) is 1. The molecule has 0 saturated heterocycles. The van der Waals surface area contributed by atoms with Crippen LogP contribution >= 0.6 is 11.6 Å². The molecule has 0 bridgehead atoms. The van der Waals surface area contributed by atoms with Crippen molar-refractivity contribution in [3.05, 3.63) is 130 Å². The van der Waals surface area contributed by atoms with Crippen molar-refractivity contribution in [3.63, 3.8) is 0 Å². The van der Waals surface area contributed by atoms with Gasteiger partial charge in [-0.3, -0.25) is 14.4 Å². The maximum Gasteiger partial charge on any atom is 0.256 e. The predicted molar refractivity (Wildman–Crippen MR) is 143 cm³/mol. The minimum Gasteiger partial charge on any atom is -0.324 e. The molecule has 6 nitrogen and oxygen atoms in total. The molecule has 4 aromatic rings. The Hall–Kier alpha value is -4.36. The van der Waals surface area contributed by atoms with Crippen LogP contribution in [0.25, 0.3) is 0 Å². The van der Waals surface area contributed by atoms with Gasteiger partial charge in [0.2, 0.25) is 0 Å². The minimum absolute atomic E-state index is 0.0177. The van der Waals surface area contributed by atoms with E-state index in [9.17, 15) is 18.8 Å². The second kappa shape index (κ2) is 10.9. The maximum atomic E-state index is 14.5. The number of ketones is 1. The topological polar surface area (TPSA) is 79.4 Å². The lowest BCUT2D eigenvalue weighted by molar-refractivity contribution is -0.122. The number of carbonyl (C=O) groups excluding carboxylic acids is 3. The number of nitrogens with one attached hydrogen (secondary N) is 1. The Morgan fingerprint density at radius 1 is 1.00 bits per heavy atom. The lowest BCUT2D eigenvalue weighted by Gasteiger charge is -2.30. The fourth-order valence-electron chi connectivity index (χ4n) is 4.55. The van der Waals surface area contributed by atoms with E-state index in [1.54, 1.807) is 85.1 Å². The highest BCUT2D eigenvalue weighted by Gasteiger charge is 2.36. The normalized spacial score (nSPS) is 15.1. The summed E-state index contributed by atoms with van der Waals surface area (Å²) < 4.78 is 14.5. The van der Waals surface area contributed by atoms with Gasteiger partial charge in [0.1, 0.15) is 11.6 Å². The first-order valence-electron chi connectivity index (χ1n) is 12.1. The van der Waals surface area contributed by atoms with Crippen molar-refractivity contribution in [2.24, 2.45) is 0 Å². The van der Waals surface area contributed by atoms with E-state index in [0.717, 1.165) is 5.56 Å². The molecule has 1 aliphatic heterocycles. The van der Waals surface area contributed by atoms with E-state index in [1.807, 2.05) is 0 Å². The molecule has 0 spiro atoms. The summed E-state index contributed by atoms with van der Waals surface area (Å²) in [6, 6.07) is 22.2. The molecule has 190 valence electrons. The monoisotopic (exact) mass is 527 g/mol. The molecule has 1 atom stereocenters. The zero-order valence-corrected chi connectivity index (χ0v) is 21.0. The molecule has 0 radical (unpaired) electrons. The average Bonchev–Trinajstić information content (AvgIpc) is 3.00. The summed E-state index contributed by atoms with van der Waals surface area (Å²) in [5.41, 5.74) is 2.44. The molecular formula is C30H23ClFN3O3. The third-order valence-corrected chi connectivity index (χ3v) is 6.75. The van der Waals surface area contributed by atoms with Crippen LogP contribution in [0.5, 0.6) is 0 Å². The van der Waals surface area contributed by atoms with Crippen LogP contribution in [0.15, 0.2) is 91.1 Å². The van der Waals surface area contributed by atoms with Gasteiger partial charge in [0.05, 0.1) is 6.04 Å². The molecule has 2 amide bonds. The van der Waals surface area contributed by atoms with Gasteiger partial charge in [-0.15, -0.1) is 0 Å². The SMILES string of the molecule is O=C(Nc1ccccn1)c1ccc(CN2C(=O)c3ccc(Cl)cc3CC(=O)[C@H]2Cc2ccccc2F)cc1. The van der Waals surface area contributed by atoms with Gasteiger partial charge in [0.25, 0.3) is 11.8 Å². The molecule has 1 aliphatic rings. The van der Waals surface area contributed by atoms with E-state index in [4.69, 9.17) is 11.6 Å². The van der Waals surface area contributed by atoms with Gasteiger partial charge in [-0.1, -0.05) is 48.0 Å². The molecule has 3 aromatic carbocycles. The number of fused-ring (bicyclic) bond motifs is 1. The van der Waals surface area contributed by atoms with Crippen molar-refractivity contribution >= 4 is 35.0 Å². The van der Waals surface area contributed by atoms with Crippen LogP contribution in [-0.4, -0.2) is 33.5 Å². The lowest BCUT2D eigenvalue weighted by Crippen LogP contribution is -2.45. The number of rotatable bonds is 6. The summed E-state index contributed by atoms with van der Waals surface area (Å²) in [5, 5.41) is 3.16. The van der Waals surface area contributed by atoms with E-state index < -0.39 is 11.9 Å². The molecule has 0 saturated carbocycles. The number of nitrogens with zero attached hydrogens (tertiary/aromatic N) is 2. The van der Waals surface area contributed by atoms with Gasteiger partial charge >= 0.3 is 0 Å². The summed E-state index contributed by atoms with van der Waals surface area (Å²) in [6.45, 7) is 0.105. The van der Waals surface area contributed by atoms with Crippen molar-refractivity contribution in [3.8, 4) is 0 Å². The molecule has 1 aromatic heterocycles. The maximum absolute atomic E-state index is 14.5. The van der Waals surface area contributed by atoms with Crippen LogP contribution in [-0.2, 0) is 24.2 Å². The fraction of sp³-hybridized carbons (Fsp3) is 0.133. The van der Waals surface area contributed by atoms with Gasteiger partial charge < -0.3 is 10.2 Å². The number of hydrogen-bond acceptors (Lipinski definition) is 4. The van der Waals surface area contributed by atoms with E-state index in [2.05, 4.69) is 10.3 Å². The molecule has 1 N–H and O–H groups in total. The molecular weight excluding hydrogens is 505 g/mol. The van der Waals surface area contributed by atoms with E-state index in [1.165, 1.54) is 11.0 Å². The van der Waals surface area contributed by atoms with Crippen LogP contribution in [0.2, 0.25) is 5.02 Å². The van der Waals surface area contributed by atoms with Crippen LogP contribution in [0.4, 0.5) is 10.2 Å². The van der Waals surface area contributed by atoms with Crippen molar-refractivity contribution in [2.75, 3.05) is 5.32 Å². The van der Waals surface area contributed by atoms with Gasteiger partial charge in [0, 0.05) is 41.7 Å². The van der Waals surface area contributed by atoms with E-state index in [0.29, 0.717) is 33.1 Å². The standard InChI is InChI=1S/C30H23ClFN3O3/c31-23-12-13-24-22(15-23)17-27(36)26(16-21-5-1-2-6-25(21)32)35(30(24)38)18-19-8-10-20(11-9-19)29(37)34-28-7-3-4-14-33-28/h1-15,26H,16-18H2,(H,33,34,37)/t26-/m1/s1. The molecule has 38 heavy (non-hydrogen) atoms. The smallest absolute Gasteiger partial charge is 0.256 e. The second-order valence-corrected chi connectivity index (χ2v) is 9.49. The van der Waals surface area contributed by atoms with Crippen molar-refractivity contribution in [2.45, 2.75) is 25.4 Å². The number of aromatic nitrogens is 1. The largest absolute Gasteiger partial charge is 0.324 e. The molecule has 5 rings (SSSR count). The third kappa shape index (κ3) is 5.48. The molecule has 0 unspecified atom stereocenters. The summed E-state index contributed by atoms with van der Waals surface area (Å²) in [5.74, 6) is -0.847.